The Labute approximate surface area is 195 Å². The average Bonchev–Trinajstić information content (AvgIpc) is 3.33. The molecule has 1 unspecified atom stereocenters. The van der Waals surface area contributed by atoms with Gasteiger partial charge in [0.15, 0.2) is 0 Å². The van der Waals surface area contributed by atoms with Crippen LogP contribution in [0, 0.1) is 12.7 Å². The van der Waals surface area contributed by atoms with E-state index in [-0.39, 0.29) is 22.6 Å². The van der Waals surface area contributed by atoms with Gasteiger partial charge in [0.1, 0.15) is 23.4 Å². The normalized spacial score (nSPS) is 17.9. The Morgan fingerprint density at radius 1 is 1.09 bits per heavy atom. The number of anilines is 1. The minimum atomic E-state index is -4.58. The molecule has 1 atom stereocenters. The summed E-state index contributed by atoms with van der Waals surface area (Å²) in [6.07, 6.45) is -4.58. The van der Waals surface area contributed by atoms with Crippen LogP contribution in [0.15, 0.2) is 59.5 Å². The minimum absolute atomic E-state index is 0.0400. The molecule has 4 rings (SSSR count). The maximum Gasteiger partial charge on any atom is 0.416 e. The van der Waals surface area contributed by atoms with Crippen LogP contribution in [0.5, 0.6) is 5.75 Å². The maximum atomic E-state index is 14.0. The predicted molar refractivity (Wildman–Crippen MR) is 118 cm³/mol. The molecule has 1 fully saturated rings. The third-order valence-electron chi connectivity index (χ3n) is 5.48. The van der Waals surface area contributed by atoms with Gasteiger partial charge in [-0.15, -0.1) is 11.3 Å². The number of Topliss-reactive ketones (excluding diaryl/α,β-unsaturated/α-hetero) is 1. The number of ether oxygens (including phenoxy) is 1. The summed E-state index contributed by atoms with van der Waals surface area (Å²) in [7, 11) is 1.30. The van der Waals surface area contributed by atoms with Gasteiger partial charge in [-0.2, -0.15) is 13.2 Å². The second kappa shape index (κ2) is 8.60. The van der Waals surface area contributed by atoms with Gasteiger partial charge < -0.3 is 9.84 Å². The number of alkyl halides is 3. The number of methoxy groups -OCH3 is 1. The lowest BCUT2D eigenvalue weighted by molar-refractivity contribution is -0.137. The van der Waals surface area contributed by atoms with Gasteiger partial charge in [-0.25, -0.2) is 4.39 Å². The summed E-state index contributed by atoms with van der Waals surface area (Å²) in [6.45, 7) is 1.74. The Hall–Kier alpha value is -3.66. The van der Waals surface area contributed by atoms with Gasteiger partial charge in [0.05, 0.1) is 23.8 Å². The van der Waals surface area contributed by atoms with Crippen LogP contribution in [0.4, 0.5) is 23.2 Å². The molecule has 2 aromatic carbocycles. The number of ketones is 1. The van der Waals surface area contributed by atoms with E-state index < -0.39 is 41.0 Å². The van der Waals surface area contributed by atoms with E-state index in [9.17, 15) is 32.3 Å². The smallest absolute Gasteiger partial charge is 0.416 e. The summed E-state index contributed by atoms with van der Waals surface area (Å²) in [5, 5.41) is 12.8. The number of carbonyl (C=O) groups is 2. The molecule has 1 amide bonds. The Bertz CT molecular complexity index is 1310. The lowest BCUT2D eigenvalue weighted by Crippen LogP contribution is -2.29. The predicted octanol–water partition coefficient (Wildman–Crippen LogP) is 5.85. The van der Waals surface area contributed by atoms with Crippen LogP contribution in [0.25, 0.3) is 5.76 Å². The standard InChI is InChI=1S/C24H17F4NO4S/c1-12-9-10-34-22(12)19-18(20(30)16-11-14(25)5-8-17(16)33-2)21(31)23(32)29(19)15-6-3-13(4-7-15)24(26,27)28/h3-11,19,30H,1-2H3/b20-18-. The van der Waals surface area contributed by atoms with E-state index in [2.05, 4.69) is 0 Å². The van der Waals surface area contributed by atoms with Gasteiger partial charge in [-0.1, -0.05) is 0 Å². The zero-order valence-electron chi connectivity index (χ0n) is 17.8. The van der Waals surface area contributed by atoms with Crippen molar-refractivity contribution in [3.05, 3.63) is 86.9 Å². The van der Waals surface area contributed by atoms with Crippen LogP contribution < -0.4 is 9.64 Å². The van der Waals surface area contributed by atoms with Crippen LogP contribution in [0.3, 0.4) is 0 Å². The van der Waals surface area contributed by atoms with Gasteiger partial charge in [0, 0.05) is 10.6 Å². The maximum absolute atomic E-state index is 14.0. The lowest BCUT2D eigenvalue weighted by atomic mass is 9.97. The molecular formula is C24H17F4NO4S. The van der Waals surface area contributed by atoms with E-state index in [1.165, 1.54) is 24.5 Å². The summed E-state index contributed by atoms with van der Waals surface area (Å²) >= 11 is 1.21. The number of rotatable bonds is 4. The molecule has 0 radical (unpaired) electrons. The molecule has 34 heavy (non-hydrogen) atoms. The van der Waals surface area contributed by atoms with E-state index >= 15 is 0 Å². The molecule has 1 aromatic heterocycles. The number of hydrogen-bond acceptors (Lipinski definition) is 5. The lowest BCUT2D eigenvalue weighted by Gasteiger charge is -2.25. The Balaban J connectivity index is 1.94. The number of benzene rings is 2. The summed E-state index contributed by atoms with van der Waals surface area (Å²) in [5.41, 5.74) is -0.628. The summed E-state index contributed by atoms with van der Waals surface area (Å²) in [6, 6.07) is 7.75. The molecule has 10 heteroatoms. The van der Waals surface area contributed by atoms with Crippen molar-refractivity contribution in [2.45, 2.75) is 19.1 Å². The number of halogens is 4. The number of carbonyl (C=O) groups excluding carboxylic acids is 2. The van der Waals surface area contributed by atoms with Crippen LogP contribution in [-0.4, -0.2) is 23.9 Å². The number of aliphatic hydroxyl groups is 1. The Morgan fingerprint density at radius 2 is 1.76 bits per heavy atom. The highest BCUT2D eigenvalue weighted by Gasteiger charge is 2.48. The summed E-state index contributed by atoms with van der Waals surface area (Å²) < 4.78 is 58.2. The first-order valence-corrected chi connectivity index (χ1v) is 10.8. The first-order chi connectivity index (χ1) is 16.0. The van der Waals surface area contributed by atoms with Crippen molar-refractivity contribution >= 4 is 34.5 Å². The number of amides is 1. The molecule has 176 valence electrons. The van der Waals surface area contributed by atoms with Crippen LogP contribution >= 0.6 is 11.3 Å². The summed E-state index contributed by atoms with van der Waals surface area (Å²) in [4.78, 5) is 27.8. The molecule has 0 aliphatic carbocycles. The quantitative estimate of drug-likeness (QED) is 0.215. The van der Waals surface area contributed by atoms with Crippen molar-refractivity contribution in [3.63, 3.8) is 0 Å². The number of aliphatic hydroxyl groups excluding tert-OH is 1. The van der Waals surface area contributed by atoms with Crippen molar-refractivity contribution in [2.75, 3.05) is 12.0 Å². The van der Waals surface area contributed by atoms with Crippen molar-refractivity contribution in [1.29, 1.82) is 0 Å². The Morgan fingerprint density at radius 3 is 2.32 bits per heavy atom. The summed E-state index contributed by atoms with van der Waals surface area (Å²) in [5.74, 6) is -3.37. The van der Waals surface area contributed by atoms with Crippen LogP contribution in [-0.2, 0) is 15.8 Å². The zero-order chi connectivity index (χ0) is 24.8. The molecule has 1 aliphatic heterocycles. The number of thiophene rings is 1. The van der Waals surface area contributed by atoms with Crippen molar-refractivity contribution in [3.8, 4) is 5.75 Å². The molecule has 1 aliphatic rings. The number of aryl methyl sites for hydroxylation is 1. The largest absolute Gasteiger partial charge is 0.507 e. The van der Waals surface area contributed by atoms with E-state index in [4.69, 9.17) is 4.74 Å². The van der Waals surface area contributed by atoms with Gasteiger partial charge in [0.25, 0.3) is 11.7 Å². The second-order valence-corrected chi connectivity index (χ2v) is 8.47. The fourth-order valence-electron chi connectivity index (χ4n) is 3.83. The van der Waals surface area contributed by atoms with Gasteiger partial charge in [-0.3, -0.25) is 14.5 Å². The first kappa shape index (κ1) is 23.5. The molecular weight excluding hydrogens is 474 g/mol. The van der Waals surface area contributed by atoms with E-state index in [0.29, 0.717) is 10.4 Å². The van der Waals surface area contributed by atoms with E-state index in [1.807, 2.05) is 0 Å². The van der Waals surface area contributed by atoms with Gasteiger partial charge in [-0.05, 0) is 66.4 Å². The monoisotopic (exact) mass is 491 g/mol. The van der Waals surface area contributed by atoms with Gasteiger partial charge in [0.2, 0.25) is 0 Å². The molecule has 5 nitrogen and oxygen atoms in total. The van der Waals surface area contributed by atoms with Crippen LogP contribution in [0.1, 0.15) is 27.6 Å². The average molecular weight is 491 g/mol. The van der Waals surface area contributed by atoms with E-state index in [1.54, 1.807) is 18.4 Å². The molecule has 1 N–H and O–H groups in total. The second-order valence-electron chi connectivity index (χ2n) is 7.53. The van der Waals surface area contributed by atoms with Crippen molar-refractivity contribution < 1.29 is 37.0 Å². The van der Waals surface area contributed by atoms with E-state index in [0.717, 1.165) is 41.3 Å². The highest BCUT2D eigenvalue weighted by molar-refractivity contribution is 7.10. The molecule has 2 heterocycles. The first-order valence-electron chi connectivity index (χ1n) is 9.90. The molecule has 0 saturated carbocycles. The fourth-order valence-corrected chi connectivity index (χ4v) is 4.86. The molecule has 3 aromatic rings. The fraction of sp³-hybridized carbons (Fsp3) is 0.167. The van der Waals surface area contributed by atoms with Crippen molar-refractivity contribution in [1.82, 2.24) is 0 Å². The third kappa shape index (κ3) is 3.94. The third-order valence-corrected chi connectivity index (χ3v) is 6.56. The number of nitrogens with zero attached hydrogens (tertiary/aromatic N) is 1. The highest BCUT2D eigenvalue weighted by atomic mass is 32.1. The van der Waals surface area contributed by atoms with Gasteiger partial charge >= 0.3 is 6.18 Å². The molecule has 0 bridgehead atoms. The van der Waals surface area contributed by atoms with Crippen molar-refractivity contribution in [2.24, 2.45) is 0 Å². The Kier molecular flexibility index (Phi) is 5.94. The minimum Gasteiger partial charge on any atom is -0.507 e. The SMILES string of the molecule is COc1ccc(F)cc1/C(O)=C1/C(=O)C(=O)N(c2ccc(C(F)(F)F)cc2)C1c1sccc1C. The number of hydrogen-bond donors (Lipinski definition) is 1. The zero-order valence-corrected chi connectivity index (χ0v) is 18.6. The van der Waals surface area contributed by atoms with Crippen LogP contribution in [0.2, 0.25) is 0 Å². The molecule has 1 saturated heterocycles. The molecule has 0 spiro atoms. The topological polar surface area (TPSA) is 66.8 Å². The highest BCUT2D eigenvalue weighted by Crippen LogP contribution is 2.46.